The fourth-order valence-corrected chi connectivity index (χ4v) is 1.43. The summed E-state index contributed by atoms with van der Waals surface area (Å²) in [5, 5.41) is 0. The minimum Gasteiger partial charge on any atom is -0.301 e. The van der Waals surface area contributed by atoms with E-state index in [-0.39, 0.29) is 14.9 Å². The van der Waals surface area contributed by atoms with E-state index in [0.29, 0.717) is 0 Å². The van der Waals surface area contributed by atoms with Crippen molar-refractivity contribution < 1.29 is 0 Å². The van der Waals surface area contributed by atoms with Gasteiger partial charge in [-0.2, -0.15) is 0 Å². The summed E-state index contributed by atoms with van der Waals surface area (Å²) in [5.74, 6) is 0. The zero-order valence-electron chi connectivity index (χ0n) is 6.56. The van der Waals surface area contributed by atoms with E-state index in [4.69, 9.17) is 0 Å². The number of hydrogen-bond acceptors (Lipinski definition) is 1. The highest BCUT2D eigenvalue weighted by molar-refractivity contribution is 4.67. The van der Waals surface area contributed by atoms with Crippen LogP contribution in [0, 0.1) is 0 Å². The third kappa shape index (κ3) is 4.41. The molecule has 1 nitrogen and oxygen atoms in total. The van der Waals surface area contributed by atoms with E-state index >= 15 is 0 Å². The fourth-order valence-electron chi connectivity index (χ4n) is 1.43. The maximum absolute atomic E-state index is 2.56. The van der Waals surface area contributed by atoms with Crippen molar-refractivity contribution in [2.45, 2.75) is 54.0 Å². The predicted octanol–water partition coefficient (Wildman–Crippen LogP) is 3.15. The number of hydrogen-bond donors (Lipinski definition) is 0. The molecule has 0 aliphatic carbocycles. The molecule has 1 aliphatic rings. The molecule has 0 aromatic heterocycles. The molecule has 0 aromatic carbocycles. The average molecular weight is 159 g/mol. The summed E-state index contributed by atoms with van der Waals surface area (Å²) in [6.07, 6.45) is 4.28. The van der Waals surface area contributed by atoms with Crippen LogP contribution in [0.1, 0.15) is 48.0 Å². The predicted molar refractivity (Wildman–Crippen MR) is 54.0 cm³/mol. The Morgan fingerprint density at radius 2 is 1.36 bits per heavy atom. The van der Waals surface area contributed by atoms with Crippen LogP contribution in [0.25, 0.3) is 0 Å². The second kappa shape index (κ2) is 6.66. The number of nitrogens with zero attached hydrogens (tertiary/aromatic N) is 1. The van der Waals surface area contributed by atoms with Crippen LogP contribution in [0.2, 0.25) is 0 Å². The van der Waals surface area contributed by atoms with Crippen LogP contribution in [0.15, 0.2) is 0 Å². The standard InChI is InChI=1S/C8H17N.2CH4/c1-8(2)9-6-4-3-5-7-9;;/h8H,3-7H2,1-2H3;2*1H4. The van der Waals surface area contributed by atoms with Crippen LogP contribution in [0.3, 0.4) is 0 Å². The van der Waals surface area contributed by atoms with Crippen molar-refractivity contribution in [1.82, 2.24) is 4.90 Å². The Labute approximate surface area is 72.8 Å². The van der Waals surface area contributed by atoms with E-state index in [0.717, 1.165) is 6.04 Å². The summed E-state index contributed by atoms with van der Waals surface area (Å²) in [7, 11) is 0. The monoisotopic (exact) mass is 159 g/mol. The lowest BCUT2D eigenvalue weighted by atomic mass is 10.1. The van der Waals surface area contributed by atoms with Crippen molar-refractivity contribution in [3.63, 3.8) is 0 Å². The molecule has 0 atom stereocenters. The Hall–Kier alpha value is -0.0400. The summed E-state index contributed by atoms with van der Waals surface area (Å²) in [6.45, 7) is 7.23. The highest BCUT2D eigenvalue weighted by Gasteiger charge is 2.11. The van der Waals surface area contributed by atoms with E-state index in [2.05, 4.69) is 18.7 Å². The molecular weight excluding hydrogens is 134 g/mol. The molecule has 0 unspecified atom stereocenters. The highest BCUT2D eigenvalue weighted by Crippen LogP contribution is 2.10. The first-order chi connectivity index (χ1) is 4.30. The number of piperidine rings is 1. The number of likely N-dealkylation sites (tertiary alicyclic amines) is 1. The maximum Gasteiger partial charge on any atom is 0.00385 e. The second-order valence-electron chi connectivity index (χ2n) is 3.19. The van der Waals surface area contributed by atoms with E-state index < -0.39 is 0 Å². The van der Waals surface area contributed by atoms with Gasteiger partial charge in [-0.3, -0.25) is 0 Å². The Balaban J connectivity index is 0. The van der Waals surface area contributed by atoms with Crippen molar-refractivity contribution in [1.29, 1.82) is 0 Å². The zero-order chi connectivity index (χ0) is 6.69. The Morgan fingerprint density at radius 1 is 0.909 bits per heavy atom. The molecule has 0 radical (unpaired) electrons. The quantitative estimate of drug-likeness (QED) is 0.568. The van der Waals surface area contributed by atoms with E-state index in [1.54, 1.807) is 0 Å². The molecule has 1 rings (SSSR count). The first-order valence-electron chi connectivity index (χ1n) is 4.05. The van der Waals surface area contributed by atoms with Gasteiger partial charge in [-0.05, 0) is 39.8 Å². The number of rotatable bonds is 1. The fraction of sp³-hybridized carbons (Fsp3) is 1.00. The van der Waals surface area contributed by atoms with Crippen molar-refractivity contribution in [3.05, 3.63) is 0 Å². The molecule has 0 aromatic rings. The van der Waals surface area contributed by atoms with Gasteiger partial charge in [0.2, 0.25) is 0 Å². The third-order valence-corrected chi connectivity index (χ3v) is 2.12. The molecule has 0 N–H and O–H groups in total. The van der Waals surface area contributed by atoms with E-state index in [1.807, 2.05) is 0 Å². The van der Waals surface area contributed by atoms with Gasteiger partial charge in [0.05, 0.1) is 0 Å². The summed E-state index contributed by atoms with van der Waals surface area (Å²) in [5.41, 5.74) is 0. The molecule has 11 heavy (non-hydrogen) atoms. The second-order valence-corrected chi connectivity index (χ2v) is 3.19. The lowest BCUT2D eigenvalue weighted by molar-refractivity contribution is 0.185. The summed E-state index contributed by atoms with van der Waals surface area (Å²) < 4.78 is 0. The van der Waals surface area contributed by atoms with Gasteiger partial charge in [-0.1, -0.05) is 21.3 Å². The average Bonchev–Trinajstić information content (AvgIpc) is 1.90. The molecule has 1 heterocycles. The van der Waals surface area contributed by atoms with Crippen LogP contribution >= 0.6 is 0 Å². The lowest BCUT2D eigenvalue weighted by Gasteiger charge is -2.29. The van der Waals surface area contributed by atoms with Crippen molar-refractivity contribution >= 4 is 0 Å². The highest BCUT2D eigenvalue weighted by atomic mass is 15.1. The van der Waals surface area contributed by atoms with E-state index in [9.17, 15) is 0 Å². The third-order valence-electron chi connectivity index (χ3n) is 2.12. The van der Waals surface area contributed by atoms with Crippen LogP contribution in [-0.2, 0) is 0 Å². The van der Waals surface area contributed by atoms with Gasteiger partial charge >= 0.3 is 0 Å². The molecular formula is C10H25N. The molecule has 1 heteroatoms. The summed E-state index contributed by atoms with van der Waals surface area (Å²) in [4.78, 5) is 2.56. The van der Waals surface area contributed by atoms with Gasteiger partial charge < -0.3 is 4.90 Å². The maximum atomic E-state index is 2.56. The zero-order valence-corrected chi connectivity index (χ0v) is 6.56. The summed E-state index contributed by atoms with van der Waals surface area (Å²) >= 11 is 0. The van der Waals surface area contributed by atoms with Crippen LogP contribution in [0.4, 0.5) is 0 Å². The molecule has 0 bridgehead atoms. The van der Waals surface area contributed by atoms with Gasteiger partial charge in [0.25, 0.3) is 0 Å². The van der Waals surface area contributed by atoms with E-state index in [1.165, 1.54) is 32.4 Å². The molecule has 0 spiro atoms. The molecule has 0 amide bonds. The van der Waals surface area contributed by atoms with Crippen LogP contribution in [-0.4, -0.2) is 24.0 Å². The van der Waals surface area contributed by atoms with Gasteiger partial charge in [0.1, 0.15) is 0 Å². The smallest absolute Gasteiger partial charge is 0.00385 e. The lowest BCUT2D eigenvalue weighted by Crippen LogP contribution is -2.35. The Morgan fingerprint density at radius 3 is 1.64 bits per heavy atom. The molecule has 1 saturated heterocycles. The molecule has 1 aliphatic heterocycles. The topological polar surface area (TPSA) is 3.24 Å². The SMILES string of the molecule is C.C.CC(C)N1CCCCC1. The van der Waals surface area contributed by atoms with Crippen molar-refractivity contribution in [3.8, 4) is 0 Å². The normalized spacial score (nSPS) is 18.8. The minimum atomic E-state index is 0. The van der Waals surface area contributed by atoms with Crippen LogP contribution in [0.5, 0.6) is 0 Å². The van der Waals surface area contributed by atoms with Gasteiger partial charge in [-0.15, -0.1) is 0 Å². The van der Waals surface area contributed by atoms with Crippen molar-refractivity contribution in [2.24, 2.45) is 0 Å². The molecule has 1 fully saturated rings. The first kappa shape index (κ1) is 13.5. The van der Waals surface area contributed by atoms with Gasteiger partial charge in [0.15, 0.2) is 0 Å². The molecule has 0 saturated carbocycles. The first-order valence-corrected chi connectivity index (χ1v) is 4.05. The molecule has 70 valence electrons. The van der Waals surface area contributed by atoms with Gasteiger partial charge in [-0.25, -0.2) is 0 Å². The van der Waals surface area contributed by atoms with Gasteiger partial charge in [0, 0.05) is 6.04 Å². The largest absolute Gasteiger partial charge is 0.301 e. The Kier molecular flexibility index (Phi) is 8.20. The van der Waals surface area contributed by atoms with Crippen molar-refractivity contribution in [2.75, 3.05) is 13.1 Å². The Bertz CT molecular complexity index is 72.9. The van der Waals surface area contributed by atoms with Crippen LogP contribution < -0.4 is 0 Å². The summed E-state index contributed by atoms with van der Waals surface area (Å²) in [6, 6.07) is 0.769. The minimum absolute atomic E-state index is 0.